The number of carboxylic acids is 1. The van der Waals surface area contributed by atoms with E-state index in [-0.39, 0.29) is 5.91 Å². The first kappa shape index (κ1) is 13.3. The van der Waals surface area contributed by atoms with E-state index in [1.54, 1.807) is 0 Å². The normalized spacial score (nSPS) is 21.9. The van der Waals surface area contributed by atoms with E-state index in [2.05, 4.69) is 5.32 Å². The largest absolute Gasteiger partial charge is 0.481 e. The van der Waals surface area contributed by atoms with E-state index in [0.717, 1.165) is 11.3 Å². The van der Waals surface area contributed by atoms with Crippen molar-refractivity contribution in [3.63, 3.8) is 0 Å². The average molecular weight is 259 g/mol. The van der Waals surface area contributed by atoms with Crippen LogP contribution in [0.5, 0.6) is 0 Å². The lowest BCUT2D eigenvalue weighted by atomic mass is 9.82. The van der Waals surface area contributed by atoms with E-state index in [0.29, 0.717) is 12.8 Å². The van der Waals surface area contributed by atoms with Gasteiger partial charge in [-0.25, -0.2) is 0 Å². The Morgan fingerprint density at radius 2 is 1.79 bits per heavy atom. The SMILES string of the molecule is Cc1ccccc1NC(=O)[C@@H]1CC=CC[C@H]1C(=O)O. The number of carboxylic acid groups (broad SMARTS) is 1. The van der Waals surface area contributed by atoms with E-state index in [4.69, 9.17) is 5.11 Å². The number of benzene rings is 1. The van der Waals surface area contributed by atoms with Gasteiger partial charge in [0.05, 0.1) is 11.8 Å². The predicted octanol–water partition coefficient (Wildman–Crippen LogP) is 2.60. The first-order chi connectivity index (χ1) is 9.09. The summed E-state index contributed by atoms with van der Waals surface area (Å²) in [4.78, 5) is 23.4. The predicted molar refractivity (Wildman–Crippen MR) is 72.8 cm³/mol. The molecule has 1 aliphatic rings. The minimum atomic E-state index is -0.908. The molecule has 1 aliphatic carbocycles. The summed E-state index contributed by atoms with van der Waals surface area (Å²) >= 11 is 0. The third kappa shape index (κ3) is 3.02. The van der Waals surface area contributed by atoms with Crippen LogP contribution in [0.25, 0.3) is 0 Å². The van der Waals surface area contributed by atoms with Crippen LogP contribution in [-0.4, -0.2) is 17.0 Å². The average Bonchev–Trinajstić information content (AvgIpc) is 2.41. The fraction of sp³-hybridized carbons (Fsp3) is 0.333. The number of carbonyl (C=O) groups is 2. The van der Waals surface area contributed by atoms with Crippen molar-refractivity contribution in [1.29, 1.82) is 0 Å². The Bertz CT molecular complexity index is 522. The van der Waals surface area contributed by atoms with Gasteiger partial charge in [-0.1, -0.05) is 30.4 Å². The molecule has 0 heterocycles. The van der Waals surface area contributed by atoms with E-state index < -0.39 is 17.8 Å². The molecule has 0 aliphatic heterocycles. The van der Waals surface area contributed by atoms with Crippen LogP contribution in [-0.2, 0) is 9.59 Å². The first-order valence-electron chi connectivity index (χ1n) is 6.34. The van der Waals surface area contributed by atoms with Gasteiger partial charge in [0.15, 0.2) is 0 Å². The van der Waals surface area contributed by atoms with Gasteiger partial charge < -0.3 is 10.4 Å². The van der Waals surface area contributed by atoms with Gasteiger partial charge in [0.25, 0.3) is 0 Å². The number of aliphatic carboxylic acids is 1. The quantitative estimate of drug-likeness (QED) is 0.820. The molecular weight excluding hydrogens is 242 g/mol. The van der Waals surface area contributed by atoms with Gasteiger partial charge in [0.1, 0.15) is 0 Å². The second-order valence-corrected chi connectivity index (χ2v) is 4.80. The first-order valence-corrected chi connectivity index (χ1v) is 6.34. The summed E-state index contributed by atoms with van der Waals surface area (Å²) in [6.07, 6.45) is 4.60. The summed E-state index contributed by atoms with van der Waals surface area (Å²) in [6.45, 7) is 1.91. The van der Waals surface area contributed by atoms with Crippen LogP contribution in [0.2, 0.25) is 0 Å². The summed E-state index contributed by atoms with van der Waals surface area (Å²) in [5.41, 5.74) is 1.71. The number of anilines is 1. The van der Waals surface area contributed by atoms with E-state index in [9.17, 15) is 9.59 Å². The molecule has 0 radical (unpaired) electrons. The van der Waals surface area contributed by atoms with Crippen LogP contribution in [0, 0.1) is 18.8 Å². The minimum absolute atomic E-state index is 0.217. The fourth-order valence-electron chi connectivity index (χ4n) is 2.32. The molecule has 0 saturated carbocycles. The van der Waals surface area contributed by atoms with Crippen LogP contribution in [0.3, 0.4) is 0 Å². The van der Waals surface area contributed by atoms with Crippen LogP contribution < -0.4 is 5.32 Å². The summed E-state index contributed by atoms with van der Waals surface area (Å²) in [7, 11) is 0. The third-order valence-electron chi connectivity index (χ3n) is 3.49. The Balaban J connectivity index is 2.13. The molecule has 0 aromatic heterocycles. The Labute approximate surface area is 112 Å². The molecule has 4 heteroatoms. The summed E-state index contributed by atoms with van der Waals surface area (Å²) < 4.78 is 0. The molecule has 1 aromatic rings. The zero-order chi connectivity index (χ0) is 13.8. The Hall–Kier alpha value is -2.10. The number of rotatable bonds is 3. The van der Waals surface area contributed by atoms with Crippen molar-refractivity contribution in [3.05, 3.63) is 42.0 Å². The van der Waals surface area contributed by atoms with Gasteiger partial charge in [-0.15, -0.1) is 0 Å². The number of aryl methyl sites for hydroxylation is 1. The second kappa shape index (κ2) is 5.69. The van der Waals surface area contributed by atoms with Crippen LogP contribution >= 0.6 is 0 Å². The third-order valence-corrected chi connectivity index (χ3v) is 3.49. The Morgan fingerprint density at radius 1 is 1.16 bits per heavy atom. The van der Waals surface area contributed by atoms with E-state index >= 15 is 0 Å². The molecule has 0 saturated heterocycles. The molecule has 2 atom stereocenters. The molecular formula is C15H17NO3. The Morgan fingerprint density at radius 3 is 2.42 bits per heavy atom. The molecule has 0 fully saturated rings. The van der Waals surface area contributed by atoms with Gasteiger partial charge in [-0.05, 0) is 31.4 Å². The zero-order valence-electron chi connectivity index (χ0n) is 10.8. The Kier molecular flexibility index (Phi) is 4.00. The highest BCUT2D eigenvalue weighted by molar-refractivity contribution is 5.96. The van der Waals surface area contributed by atoms with Crippen LogP contribution in [0.15, 0.2) is 36.4 Å². The maximum atomic E-state index is 12.2. The molecule has 1 aromatic carbocycles. The second-order valence-electron chi connectivity index (χ2n) is 4.80. The summed E-state index contributed by atoms with van der Waals surface area (Å²) in [5.74, 6) is -2.25. The molecule has 19 heavy (non-hydrogen) atoms. The maximum Gasteiger partial charge on any atom is 0.307 e. The van der Waals surface area contributed by atoms with Crippen molar-refractivity contribution in [2.75, 3.05) is 5.32 Å². The lowest BCUT2D eigenvalue weighted by Crippen LogP contribution is -2.34. The van der Waals surface area contributed by atoms with Crippen molar-refractivity contribution in [3.8, 4) is 0 Å². The number of carbonyl (C=O) groups excluding carboxylic acids is 1. The highest BCUT2D eigenvalue weighted by Crippen LogP contribution is 2.27. The van der Waals surface area contributed by atoms with Crippen molar-refractivity contribution in [2.45, 2.75) is 19.8 Å². The van der Waals surface area contributed by atoms with Crippen LogP contribution in [0.4, 0.5) is 5.69 Å². The minimum Gasteiger partial charge on any atom is -0.481 e. The zero-order valence-corrected chi connectivity index (χ0v) is 10.8. The number of hydrogen-bond donors (Lipinski definition) is 2. The number of amides is 1. The molecule has 4 nitrogen and oxygen atoms in total. The van der Waals surface area contributed by atoms with Gasteiger partial charge in [0.2, 0.25) is 5.91 Å². The van der Waals surface area contributed by atoms with Crippen molar-refractivity contribution in [2.24, 2.45) is 11.8 Å². The van der Waals surface area contributed by atoms with E-state index in [1.807, 2.05) is 43.3 Å². The summed E-state index contributed by atoms with van der Waals surface area (Å²) in [5, 5.41) is 12.0. The maximum absolute atomic E-state index is 12.2. The van der Waals surface area contributed by atoms with Crippen molar-refractivity contribution < 1.29 is 14.7 Å². The fourth-order valence-corrected chi connectivity index (χ4v) is 2.32. The molecule has 0 bridgehead atoms. The molecule has 2 N–H and O–H groups in total. The highest BCUT2D eigenvalue weighted by Gasteiger charge is 2.33. The standard InChI is InChI=1S/C15H17NO3/c1-10-6-2-5-9-13(10)16-14(17)11-7-3-4-8-12(11)15(18)19/h2-6,9,11-12H,7-8H2,1H3,(H,16,17)(H,18,19)/t11-,12-/m1/s1. The van der Waals surface area contributed by atoms with Crippen LogP contribution in [0.1, 0.15) is 18.4 Å². The van der Waals surface area contributed by atoms with Gasteiger partial charge >= 0.3 is 5.97 Å². The lowest BCUT2D eigenvalue weighted by Gasteiger charge is -2.24. The number of nitrogens with one attached hydrogen (secondary N) is 1. The van der Waals surface area contributed by atoms with Crippen molar-refractivity contribution in [1.82, 2.24) is 0 Å². The molecule has 2 rings (SSSR count). The monoisotopic (exact) mass is 259 g/mol. The topological polar surface area (TPSA) is 66.4 Å². The van der Waals surface area contributed by atoms with Gasteiger partial charge in [-0.3, -0.25) is 9.59 Å². The lowest BCUT2D eigenvalue weighted by molar-refractivity contribution is -0.146. The molecule has 0 unspecified atom stereocenters. The molecule has 1 amide bonds. The summed E-state index contributed by atoms with van der Waals surface area (Å²) in [6, 6.07) is 7.47. The number of allylic oxidation sites excluding steroid dienone is 2. The number of hydrogen-bond acceptors (Lipinski definition) is 2. The van der Waals surface area contributed by atoms with E-state index in [1.165, 1.54) is 0 Å². The van der Waals surface area contributed by atoms with Gasteiger partial charge in [-0.2, -0.15) is 0 Å². The van der Waals surface area contributed by atoms with Crippen molar-refractivity contribution >= 4 is 17.6 Å². The highest BCUT2D eigenvalue weighted by atomic mass is 16.4. The number of para-hydroxylation sites is 1. The molecule has 0 spiro atoms. The smallest absolute Gasteiger partial charge is 0.307 e. The van der Waals surface area contributed by atoms with Gasteiger partial charge in [0, 0.05) is 5.69 Å². The molecule has 100 valence electrons.